The van der Waals surface area contributed by atoms with Gasteiger partial charge in [0.1, 0.15) is 11.5 Å². The van der Waals surface area contributed by atoms with E-state index in [0.29, 0.717) is 19.2 Å². The number of esters is 1. The molecule has 0 radical (unpaired) electrons. The van der Waals surface area contributed by atoms with Crippen molar-refractivity contribution in [1.29, 1.82) is 0 Å². The van der Waals surface area contributed by atoms with Gasteiger partial charge in [-0.05, 0) is 19.3 Å². The van der Waals surface area contributed by atoms with E-state index < -0.39 is 11.5 Å². The number of carbonyl (C=O) groups is 2. The molecule has 1 aliphatic carbocycles. The van der Waals surface area contributed by atoms with Gasteiger partial charge in [0.25, 0.3) is 0 Å². The van der Waals surface area contributed by atoms with Gasteiger partial charge in [-0.2, -0.15) is 0 Å². The molecule has 120 valence electrons. The molecule has 4 aliphatic rings. The highest BCUT2D eigenvalue weighted by molar-refractivity contribution is 5.91. The van der Waals surface area contributed by atoms with Gasteiger partial charge in [-0.1, -0.05) is 31.9 Å². The van der Waals surface area contributed by atoms with Crippen LogP contribution in [0.15, 0.2) is 12.2 Å². The second-order valence-corrected chi connectivity index (χ2v) is 6.97. The van der Waals surface area contributed by atoms with Crippen LogP contribution in [0.25, 0.3) is 0 Å². The van der Waals surface area contributed by atoms with E-state index in [1.807, 2.05) is 24.0 Å². The first-order valence-electron chi connectivity index (χ1n) is 8.50. The monoisotopic (exact) mass is 305 g/mol. The summed E-state index contributed by atoms with van der Waals surface area (Å²) in [6.07, 6.45) is 8.99. The zero-order valence-electron chi connectivity index (χ0n) is 13.0. The van der Waals surface area contributed by atoms with Crippen LogP contribution in [0.2, 0.25) is 0 Å². The summed E-state index contributed by atoms with van der Waals surface area (Å²) in [5.74, 6) is -1.02. The molecular formula is C17H23NO4. The molecule has 0 aromatic rings. The lowest BCUT2D eigenvalue weighted by Gasteiger charge is -2.26. The Bertz CT molecular complexity index is 525. The van der Waals surface area contributed by atoms with Crippen molar-refractivity contribution in [1.82, 2.24) is 4.90 Å². The molecule has 5 nitrogen and oxygen atoms in total. The lowest BCUT2D eigenvalue weighted by Crippen LogP contribution is -2.41. The summed E-state index contributed by atoms with van der Waals surface area (Å²) in [4.78, 5) is 27.3. The SMILES string of the molecule is CCCOC(=O)[C@@H]1[C@H]2C=C[C@@]3(CN(C4CCCC4)C(=O)[C@@H]13)O2. The minimum Gasteiger partial charge on any atom is -0.465 e. The molecule has 1 amide bonds. The number of nitrogens with zero attached hydrogens (tertiary/aromatic N) is 1. The van der Waals surface area contributed by atoms with Crippen LogP contribution in [-0.4, -0.2) is 47.7 Å². The van der Waals surface area contributed by atoms with Gasteiger partial charge in [0, 0.05) is 6.04 Å². The summed E-state index contributed by atoms with van der Waals surface area (Å²) in [6, 6.07) is 0.329. The Balaban J connectivity index is 1.58. The quantitative estimate of drug-likeness (QED) is 0.585. The average Bonchev–Trinajstić information content (AvgIpc) is 3.25. The number of hydrogen-bond acceptors (Lipinski definition) is 4. The minimum atomic E-state index is -0.583. The van der Waals surface area contributed by atoms with Crippen LogP contribution < -0.4 is 0 Å². The van der Waals surface area contributed by atoms with Crippen molar-refractivity contribution in [3.63, 3.8) is 0 Å². The average molecular weight is 305 g/mol. The molecule has 4 rings (SSSR count). The number of amides is 1. The summed E-state index contributed by atoms with van der Waals surface area (Å²) >= 11 is 0. The summed E-state index contributed by atoms with van der Waals surface area (Å²) < 4.78 is 11.4. The highest BCUT2D eigenvalue weighted by Gasteiger charge is 2.67. The first-order chi connectivity index (χ1) is 10.7. The molecule has 1 spiro atoms. The smallest absolute Gasteiger partial charge is 0.312 e. The fourth-order valence-electron chi connectivity index (χ4n) is 4.62. The largest absolute Gasteiger partial charge is 0.465 e. The zero-order valence-corrected chi connectivity index (χ0v) is 13.0. The molecule has 3 fully saturated rings. The Kier molecular flexibility index (Phi) is 3.29. The number of fused-ring (bicyclic) bond motifs is 1. The van der Waals surface area contributed by atoms with Crippen LogP contribution in [0.3, 0.4) is 0 Å². The number of carbonyl (C=O) groups excluding carboxylic acids is 2. The third-order valence-corrected chi connectivity index (χ3v) is 5.62. The van der Waals surface area contributed by atoms with Gasteiger partial charge < -0.3 is 14.4 Å². The topological polar surface area (TPSA) is 55.8 Å². The third kappa shape index (κ3) is 1.87. The Morgan fingerprint density at radius 3 is 2.95 bits per heavy atom. The van der Waals surface area contributed by atoms with E-state index in [4.69, 9.17) is 9.47 Å². The second kappa shape index (κ2) is 5.08. The van der Waals surface area contributed by atoms with Crippen molar-refractivity contribution in [3.8, 4) is 0 Å². The van der Waals surface area contributed by atoms with Gasteiger partial charge in [0.15, 0.2) is 0 Å². The van der Waals surface area contributed by atoms with E-state index in [0.717, 1.165) is 19.3 Å². The number of hydrogen-bond donors (Lipinski definition) is 0. The predicted molar refractivity (Wildman–Crippen MR) is 78.9 cm³/mol. The molecule has 1 saturated carbocycles. The van der Waals surface area contributed by atoms with Gasteiger partial charge in [-0.15, -0.1) is 0 Å². The summed E-state index contributed by atoms with van der Waals surface area (Å²) in [7, 11) is 0. The van der Waals surface area contributed by atoms with Gasteiger partial charge in [0.05, 0.1) is 25.2 Å². The van der Waals surface area contributed by atoms with Gasteiger partial charge in [-0.3, -0.25) is 9.59 Å². The first kappa shape index (κ1) is 14.2. The van der Waals surface area contributed by atoms with Crippen LogP contribution >= 0.6 is 0 Å². The van der Waals surface area contributed by atoms with E-state index in [2.05, 4.69) is 0 Å². The Labute approximate surface area is 130 Å². The van der Waals surface area contributed by atoms with Gasteiger partial charge >= 0.3 is 5.97 Å². The van der Waals surface area contributed by atoms with Crippen molar-refractivity contribution >= 4 is 11.9 Å². The number of ether oxygens (including phenoxy) is 2. The van der Waals surface area contributed by atoms with E-state index >= 15 is 0 Å². The molecule has 0 aromatic heterocycles. The Hall–Kier alpha value is -1.36. The van der Waals surface area contributed by atoms with Crippen molar-refractivity contribution in [2.75, 3.05) is 13.2 Å². The molecular weight excluding hydrogens is 282 g/mol. The van der Waals surface area contributed by atoms with E-state index in [1.54, 1.807) is 0 Å². The second-order valence-electron chi connectivity index (χ2n) is 6.97. The van der Waals surface area contributed by atoms with E-state index in [9.17, 15) is 9.59 Å². The maximum Gasteiger partial charge on any atom is 0.312 e. The fraction of sp³-hybridized carbons (Fsp3) is 0.765. The Morgan fingerprint density at radius 1 is 1.45 bits per heavy atom. The molecule has 0 N–H and O–H groups in total. The Morgan fingerprint density at radius 2 is 2.23 bits per heavy atom. The number of likely N-dealkylation sites (tertiary alicyclic amines) is 1. The summed E-state index contributed by atoms with van der Waals surface area (Å²) in [6.45, 7) is 2.98. The lowest BCUT2D eigenvalue weighted by atomic mass is 9.77. The maximum atomic E-state index is 13.0. The number of rotatable bonds is 4. The van der Waals surface area contributed by atoms with Gasteiger partial charge in [0.2, 0.25) is 5.91 Å². The molecule has 0 aromatic carbocycles. The highest BCUT2D eigenvalue weighted by Crippen LogP contribution is 2.53. The summed E-state index contributed by atoms with van der Waals surface area (Å²) in [5.41, 5.74) is -0.583. The first-order valence-corrected chi connectivity index (χ1v) is 8.50. The van der Waals surface area contributed by atoms with Crippen LogP contribution in [-0.2, 0) is 19.1 Å². The van der Waals surface area contributed by atoms with E-state index in [1.165, 1.54) is 12.8 Å². The van der Waals surface area contributed by atoms with Crippen molar-refractivity contribution in [2.45, 2.75) is 56.8 Å². The van der Waals surface area contributed by atoms with Crippen molar-refractivity contribution < 1.29 is 19.1 Å². The predicted octanol–water partition coefficient (Wildman–Crippen LogP) is 1.66. The molecule has 3 heterocycles. The molecule has 5 heteroatoms. The minimum absolute atomic E-state index is 0.0946. The molecule has 0 unspecified atom stereocenters. The molecule has 2 saturated heterocycles. The summed E-state index contributed by atoms with van der Waals surface area (Å²) in [5, 5.41) is 0. The van der Waals surface area contributed by atoms with Crippen LogP contribution in [0, 0.1) is 11.8 Å². The molecule has 4 atom stereocenters. The fourth-order valence-corrected chi connectivity index (χ4v) is 4.62. The van der Waals surface area contributed by atoms with Crippen LogP contribution in [0.5, 0.6) is 0 Å². The van der Waals surface area contributed by atoms with Crippen molar-refractivity contribution in [3.05, 3.63) is 12.2 Å². The maximum absolute atomic E-state index is 13.0. The van der Waals surface area contributed by atoms with Crippen LogP contribution in [0.1, 0.15) is 39.0 Å². The standard InChI is InChI=1S/C17H23NO4/c1-2-9-21-16(20)13-12-7-8-17(22-12)10-18(15(19)14(13)17)11-5-3-4-6-11/h7-8,11-14H,2-6,9-10H2,1H3/t12-,13-,14-,17+/m1/s1. The molecule has 2 bridgehead atoms. The normalized spacial score (nSPS) is 39.8. The molecule has 22 heavy (non-hydrogen) atoms. The lowest BCUT2D eigenvalue weighted by molar-refractivity contribution is -0.154. The third-order valence-electron chi connectivity index (χ3n) is 5.62. The van der Waals surface area contributed by atoms with Gasteiger partial charge in [-0.25, -0.2) is 0 Å². The zero-order chi connectivity index (χ0) is 15.3. The molecule has 3 aliphatic heterocycles. The van der Waals surface area contributed by atoms with Crippen molar-refractivity contribution in [2.24, 2.45) is 11.8 Å². The van der Waals surface area contributed by atoms with E-state index in [-0.39, 0.29) is 23.9 Å². The van der Waals surface area contributed by atoms with Crippen LogP contribution in [0.4, 0.5) is 0 Å². The highest BCUT2D eigenvalue weighted by atomic mass is 16.6.